The summed E-state index contributed by atoms with van der Waals surface area (Å²) in [6.45, 7) is 11.1. The number of phenolic OH excluding ortho intramolecular Hbond substituents is 1. The molecule has 0 aromatic heterocycles. The van der Waals surface area contributed by atoms with Crippen LogP contribution in [-0.2, 0) is 25.5 Å². The summed E-state index contributed by atoms with van der Waals surface area (Å²) in [5, 5.41) is 10.3. The molecule has 6 rings (SSSR count). The lowest BCUT2D eigenvalue weighted by Gasteiger charge is -2.50. The van der Waals surface area contributed by atoms with Gasteiger partial charge in [-0.15, -0.1) is 0 Å². The van der Waals surface area contributed by atoms with E-state index in [-0.39, 0.29) is 29.4 Å². The predicted octanol–water partition coefficient (Wildman–Crippen LogP) is 9.25. The zero-order valence-corrected chi connectivity index (χ0v) is 30.2. The number of benzene rings is 3. The second-order valence-electron chi connectivity index (χ2n) is 14.7. The van der Waals surface area contributed by atoms with Gasteiger partial charge < -0.3 is 19.3 Å². The Balaban J connectivity index is 0.000000191. The summed E-state index contributed by atoms with van der Waals surface area (Å²) < 4.78 is 16.7. The molecule has 1 N–H and O–H groups in total. The second kappa shape index (κ2) is 15.0. The zero-order chi connectivity index (χ0) is 35.5. The number of aryl methyl sites for hydroxylation is 1. The van der Waals surface area contributed by atoms with Gasteiger partial charge in [0.1, 0.15) is 17.6 Å². The van der Waals surface area contributed by atoms with E-state index >= 15 is 0 Å². The zero-order valence-electron chi connectivity index (χ0n) is 29.5. The Kier molecular flexibility index (Phi) is 11.1. The van der Waals surface area contributed by atoms with E-state index in [4.69, 9.17) is 25.8 Å². The summed E-state index contributed by atoms with van der Waals surface area (Å²) >= 11 is 5.84. The number of rotatable bonds is 8. The summed E-state index contributed by atoms with van der Waals surface area (Å²) in [4.78, 5) is 36.3. The van der Waals surface area contributed by atoms with Crippen LogP contribution >= 0.6 is 11.6 Å². The van der Waals surface area contributed by atoms with Crippen molar-refractivity contribution >= 4 is 29.3 Å². The van der Waals surface area contributed by atoms with E-state index in [1.54, 1.807) is 76.2 Å². The Labute approximate surface area is 295 Å². The van der Waals surface area contributed by atoms with E-state index in [9.17, 15) is 19.5 Å². The molecule has 3 aromatic rings. The van der Waals surface area contributed by atoms with Crippen LogP contribution in [0.1, 0.15) is 113 Å². The van der Waals surface area contributed by atoms with Crippen LogP contribution in [0.15, 0.2) is 66.7 Å². The molecule has 0 aliphatic heterocycles. The number of fused-ring (bicyclic) bond motifs is 5. The van der Waals surface area contributed by atoms with Gasteiger partial charge in [-0.25, -0.2) is 4.79 Å². The van der Waals surface area contributed by atoms with Crippen LogP contribution in [0.25, 0.3) is 0 Å². The van der Waals surface area contributed by atoms with Crippen molar-refractivity contribution in [1.82, 2.24) is 0 Å². The minimum Gasteiger partial charge on any atom is -0.508 e. The average molecular weight is 689 g/mol. The van der Waals surface area contributed by atoms with Gasteiger partial charge in [-0.3, -0.25) is 9.59 Å². The molecule has 3 aliphatic rings. The first-order valence-corrected chi connectivity index (χ1v) is 17.9. The van der Waals surface area contributed by atoms with Crippen molar-refractivity contribution in [3.05, 3.63) is 94.0 Å². The van der Waals surface area contributed by atoms with Gasteiger partial charge in [0.2, 0.25) is 0 Å². The molecule has 5 unspecified atom stereocenters. The Morgan fingerprint density at radius 3 is 2.22 bits per heavy atom. The molecule has 49 heavy (non-hydrogen) atoms. The average Bonchev–Trinajstić information content (AvgIpc) is 3.40. The molecule has 0 saturated heterocycles. The van der Waals surface area contributed by atoms with E-state index in [0.29, 0.717) is 51.8 Å². The van der Waals surface area contributed by atoms with Crippen molar-refractivity contribution in [3.8, 4) is 11.5 Å². The summed E-state index contributed by atoms with van der Waals surface area (Å²) in [6, 6.07) is 19.3. The monoisotopic (exact) mass is 688 g/mol. The molecule has 0 bridgehead atoms. The van der Waals surface area contributed by atoms with Gasteiger partial charge in [-0.05, 0) is 156 Å². The van der Waals surface area contributed by atoms with E-state index in [0.717, 1.165) is 19.3 Å². The molecule has 262 valence electrons. The molecule has 0 radical (unpaired) electrons. The van der Waals surface area contributed by atoms with Gasteiger partial charge in [0.25, 0.3) is 0 Å². The number of carbonyl (C=O) groups is 3. The third-order valence-corrected chi connectivity index (χ3v) is 10.9. The van der Waals surface area contributed by atoms with Gasteiger partial charge in [0.05, 0.1) is 6.10 Å². The number of carbonyl (C=O) groups excluding carboxylic acids is 3. The highest BCUT2D eigenvalue weighted by molar-refractivity contribution is 6.30. The van der Waals surface area contributed by atoms with Crippen LogP contribution in [0.5, 0.6) is 11.5 Å². The molecule has 0 spiro atoms. The number of ether oxygens (including phenoxy) is 3. The topological polar surface area (TPSA) is 99.1 Å². The minimum atomic E-state index is -1.12. The summed E-state index contributed by atoms with van der Waals surface area (Å²) in [5.74, 6) is 2.25. The molecule has 0 heterocycles. The van der Waals surface area contributed by atoms with E-state index < -0.39 is 11.6 Å². The first-order chi connectivity index (χ1) is 23.2. The van der Waals surface area contributed by atoms with E-state index in [1.165, 1.54) is 30.4 Å². The molecule has 7 nitrogen and oxygen atoms in total. The minimum absolute atomic E-state index is 0.0477. The Morgan fingerprint density at radius 1 is 0.939 bits per heavy atom. The summed E-state index contributed by atoms with van der Waals surface area (Å²) in [5.41, 5.74) is 2.91. The summed E-state index contributed by atoms with van der Waals surface area (Å²) in [7, 11) is 0. The highest BCUT2D eigenvalue weighted by atomic mass is 35.5. The van der Waals surface area contributed by atoms with Gasteiger partial charge in [0, 0.05) is 28.0 Å². The van der Waals surface area contributed by atoms with Crippen LogP contribution in [0.3, 0.4) is 0 Å². The van der Waals surface area contributed by atoms with Crippen LogP contribution in [-0.4, -0.2) is 40.6 Å². The van der Waals surface area contributed by atoms with Crippen molar-refractivity contribution in [2.45, 2.75) is 110 Å². The first-order valence-electron chi connectivity index (χ1n) is 17.5. The van der Waals surface area contributed by atoms with Gasteiger partial charge >= 0.3 is 11.9 Å². The lowest BCUT2D eigenvalue weighted by atomic mass is 9.55. The number of ketones is 1. The van der Waals surface area contributed by atoms with Crippen LogP contribution in [0, 0.1) is 17.3 Å². The van der Waals surface area contributed by atoms with Gasteiger partial charge in [-0.1, -0.05) is 31.5 Å². The molecular weight excluding hydrogens is 640 g/mol. The number of halogens is 1. The fourth-order valence-electron chi connectivity index (χ4n) is 8.09. The standard InChI is InChI=1S/C21H28O3.C20H21ClO4/c1-3-20(23)24-19-9-8-18-17-6-4-13-12-14(22)5-7-15(13)16(17)10-11-21(18,19)2;1-13(2)24-19(23)20(3,4)25-17-11-7-15(8-12-17)18(22)14-5-9-16(21)10-6-14/h5,7,12,16-19,22H,3-4,6,8-11H2,1-2H3;5-13H,1-4H3. The maximum Gasteiger partial charge on any atom is 0.350 e. The molecule has 2 saturated carbocycles. The van der Waals surface area contributed by atoms with E-state index in [2.05, 4.69) is 13.0 Å². The second-order valence-corrected chi connectivity index (χ2v) is 15.1. The maximum absolute atomic E-state index is 12.4. The predicted molar refractivity (Wildman–Crippen MR) is 190 cm³/mol. The van der Waals surface area contributed by atoms with Gasteiger partial charge in [0.15, 0.2) is 11.4 Å². The highest BCUT2D eigenvalue weighted by Crippen LogP contribution is 2.61. The van der Waals surface area contributed by atoms with Crippen molar-refractivity contribution in [3.63, 3.8) is 0 Å². The quantitative estimate of drug-likeness (QED) is 0.186. The lowest BCUT2D eigenvalue weighted by molar-refractivity contribution is -0.163. The van der Waals surface area contributed by atoms with Crippen molar-refractivity contribution < 1.29 is 33.7 Å². The Morgan fingerprint density at radius 2 is 1.59 bits per heavy atom. The largest absolute Gasteiger partial charge is 0.508 e. The first kappa shape index (κ1) is 36.4. The number of hydrogen-bond acceptors (Lipinski definition) is 7. The van der Waals surface area contributed by atoms with E-state index in [1.807, 2.05) is 19.1 Å². The number of esters is 2. The van der Waals surface area contributed by atoms with Crippen LogP contribution < -0.4 is 4.74 Å². The third kappa shape index (κ3) is 8.15. The van der Waals surface area contributed by atoms with Crippen molar-refractivity contribution in [1.29, 1.82) is 0 Å². The smallest absolute Gasteiger partial charge is 0.350 e. The third-order valence-electron chi connectivity index (χ3n) is 10.6. The maximum atomic E-state index is 12.4. The molecule has 8 heteroatoms. The Bertz CT molecular complexity index is 1650. The number of aromatic hydroxyl groups is 1. The fourth-order valence-corrected chi connectivity index (χ4v) is 8.22. The van der Waals surface area contributed by atoms with Crippen molar-refractivity contribution in [2.75, 3.05) is 0 Å². The summed E-state index contributed by atoms with van der Waals surface area (Å²) in [6.07, 6.45) is 7.17. The van der Waals surface area contributed by atoms with Crippen LogP contribution in [0.2, 0.25) is 5.02 Å². The molecule has 3 aromatic carbocycles. The van der Waals surface area contributed by atoms with Crippen LogP contribution in [0.4, 0.5) is 0 Å². The highest BCUT2D eigenvalue weighted by Gasteiger charge is 2.56. The van der Waals surface area contributed by atoms with Gasteiger partial charge in [-0.2, -0.15) is 0 Å². The molecular formula is C41H49ClO7. The molecule has 0 amide bonds. The molecule has 2 fully saturated rings. The number of phenols is 1. The fraction of sp³-hybridized carbons (Fsp3) is 0.488. The Hall–Kier alpha value is -3.84. The molecule has 3 aliphatic carbocycles. The SMILES string of the molecule is CC(C)OC(=O)C(C)(C)Oc1ccc(C(=O)c2ccc(Cl)cc2)cc1.CCC(=O)OC1CCC2C3CCc4cc(O)ccc4C3CCC12C. The normalized spacial score (nSPS) is 24.0. The number of hydrogen-bond donors (Lipinski definition) is 1. The molecule has 5 atom stereocenters. The lowest BCUT2D eigenvalue weighted by Crippen LogP contribution is -2.45. The van der Waals surface area contributed by atoms with Crippen molar-refractivity contribution in [2.24, 2.45) is 17.3 Å².